The highest BCUT2D eigenvalue weighted by Crippen LogP contribution is 2.39. The largest absolute Gasteiger partial charge is 0.487 e. The van der Waals surface area contributed by atoms with E-state index < -0.39 is 0 Å². The first-order valence-corrected chi connectivity index (χ1v) is 9.36. The molecule has 7 nitrogen and oxygen atoms in total. The number of nitrogens with zero attached hydrogens (tertiary/aromatic N) is 2. The first-order valence-electron chi connectivity index (χ1n) is 9.36. The number of hydrogen-bond donors (Lipinski definition) is 1. The molecule has 0 spiro atoms. The fourth-order valence-electron chi connectivity index (χ4n) is 3.59. The lowest BCUT2D eigenvalue weighted by Crippen LogP contribution is -2.39. The summed E-state index contributed by atoms with van der Waals surface area (Å²) in [6, 6.07) is 6.24. The number of ether oxygens (including phenoxy) is 3. The molecule has 1 atom stereocenters. The topological polar surface area (TPSA) is 82.6 Å². The molecule has 3 heterocycles. The van der Waals surface area contributed by atoms with E-state index in [4.69, 9.17) is 14.2 Å². The van der Waals surface area contributed by atoms with E-state index in [0.717, 1.165) is 18.4 Å². The summed E-state index contributed by atoms with van der Waals surface area (Å²) in [6.07, 6.45) is 1.76. The number of aromatic nitrogens is 2. The van der Waals surface area contributed by atoms with E-state index >= 15 is 0 Å². The number of amides is 1. The number of carbonyl (C=O) groups excluding carboxylic acids is 1. The van der Waals surface area contributed by atoms with Gasteiger partial charge in [0.15, 0.2) is 0 Å². The predicted molar refractivity (Wildman–Crippen MR) is 98.7 cm³/mol. The molecule has 1 amide bonds. The Morgan fingerprint density at radius 2 is 2.11 bits per heavy atom. The van der Waals surface area contributed by atoms with Crippen LogP contribution >= 0.6 is 0 Å². The Labute approximate surface area is 162 Å². The molecular weight excluding hydrogens is 365 g/mol. The average Bonchev–Trinajstić information content (AvgIpc) is 3.15. The first-order chi connectivity index (χ1) is 13.6. The molecule has 4 rings (SSSR count). The van der Waals surface area contributed by atoms with Gasteiger partial charge in [-0.3, -0.25) is 4.79 Å². The Balaban J connectivity index is 1.45. The van der Waals surface area contributed by atoms with Crippen LogP contribution < -0.4 is 14.8 Å². The van der Waals surface area contributed by atoms with Gasteiger partial charge in [-0.25, -0.2) is 4.39 Å². The molecular formula is C20H22FN3O4. The summed E-state index contributed by atoms with van der Waals surface area (Å²) in [5.74, 6) is 0.620. The van der Waals surface area contributed by atoms with Gasteiger partial charge in [0, 0.05) is 42.7 Å². The third-order valence-electron chi connectivity index (χ3n) is 5.08. The van der Waals surface area contributed by atoms with Crippen molar-refractivity contribution in [1.82, 2.24) is 15.5 Å². The van der Waals surface area contributed by atoms with Gasteiger partial charge in [-0.15, -0.1) is 10.2 Å². The van der Waals surface area contributed by atoms with Crippen LogP contribution in [-0.2, 0) is 16.0 Å². The van der Waals surface area contributed by atoms with Crippen molar-refractivity contribution in [3.05, 3.63) is 35.6 Å². The molecule has 1 saturated heterocycles. The van der Waals surface area contributed by atoms with Crippen LogP contribution in [0.15, 0.2) is 24.3 Å². The normalized spacial score (nSPS) is 19.0. The molecule has 0 bridgehead atoms. The molecule has 0 aliphatic carbocycles. The third-order valence-corrected chi connectivity index (χ3v) is 5.08. The minimum atomic E-state index is -0.359. The number of methoxy groups -OCH3 is 1. The van der Waals surface area contributed by atoms with Crippen LogP contribution in [-0.4, -0.2) is 49.1 Å². The van der Waals surface area contributed by atoms with Gasteiger partial charge in [-0.05, 0) is 31.0 Å². The average molecular weight is 387 g/mol. The lowest BCUT2D eigenvalue weighted by Gasteiger charge is -2.22. The predicted octanol–water partition coefficient (Wildman–Crippen LogP) is 2.14. The molecule has 1 aromatic heterocycles. The second kappa shape index (κ2) is 8.10. The summed E-state index contributed by atoms with van der Waals surface area (Å²) in [4.78, 5) is 12.3. The fourth-order valence-corrected chi connectivity index (χ4v) is 3.59. The van der Waals surface area contributed by atoms with E-state index in [1.165, 1.54) is 19.2 Å². The van der Waals surface area contributed by atoms with E-state index in [1.807, 2.05) is 0 Å². The molecule has 1 N–H and O–H groups in total. The zero-order chi connectivity index (χ0) is 19.5. The Morgan fingerprint density at radius 1 is 1.29 bits per heavy atom. The van der Waals surface area contributed by atoms with Crippen LogP contribution in [0.25, 0.3) is 11.3 Å². The molecule has 0 saturated carbocycles. The summed E-state index contributed by atoms with van der Waals surface area (Å²) in [5.41, 5.74) is 1.81. The van der Waals surface area contributed by atoms with E-state index in [0.29, 0.717) is 49.1 Å². The Kier molecular flexibility index (Phi) is 5.38. The van der Waals surface area contributed by atoms with Crippen LogP contribution in [0, 0.1) is 11.7 Å². The van der Waals surface area contributed by atoms with Crippen molar-refractivity contribution in [2.24, 2.45) is 5.92 Å². The molecule has 0 radical (unpaired) electrons. The standard InChI is InChI=1S/C20H22FN3O4/c1-26-18-3-2-17(23-24-18)16-10-14(21)8-13-9-15(28-19(13)16)11-22-20(25)12-4-6-27-7-5-12/h2-3,8,10,12,15H,4-7,9,11H2,1H3,(H,22,25)/t15-/m1/s1. The first kappa shape index (κ1) is 18.6. The number of hydrogen-bond acceptors (Lipinski definition) is 6. The van der Waals surface area contributed by atoms with Crippen molar-refractivity contribution in [2.45, 2.75) is 25.4 Å². The molecule has 28 heavy (non-hydrogen) atoms. The lowest BCUT2D eigenvalue weighted by molar-refractivity contribution is -0.128. The molecule has 1 fully saturated rings. The highest BCUT2D eigenvalue weighted by Gasteiger charge is 2.29. The van der Waals surface area contributed by atoms with Gasteiger partial charge < -0.3 is 19.5 Å². The monoisotopic (exact) mass is 387 g/mol. The van der Waals surface area contributed by atoms with Crippen molar-refractivity contribution in [2.75, 3.05) is 26.9 Å². The number of rotatable bonds is 5. The van der Waals surface area contributed by atoms with Gasteiger partial charge in [0.1, 0.15) is 17.7 Å². The maximum absolute atomic E-state index is 14.1. The Bertz CT molecular complexity index is 853. The van der Waals surface area contributed by atoms with Crippen molar-refractivity contribution in [3.63, 3.8) is 0 Å². The SMILES string of the molecule is COc1ccc(-c2cc(F)cc3c2O[C@@H](CNC(=O)C2CCOCC2)C3)nn1. The fraction of sp³-hybridized carbons (Fsp3) is 0.450. The summed E-state index contributed by atoms with van der Waals surface area (Å²) in [5, 5.41) is 11.0. The van der Waals surface area contributed by atoms with Gasteiger partial charge in [-0.2, -0.15) is 0 Å². The maximum Gasteiger partial charge on any atom is 0.233 e. The molecule has 2 aliphatic heterocycles. The van der Waals surface area contributed by atoms with Crippen LogP contribution in [0.3, 0.4) is 0 Å². The highest BCUT2D eigenvalue weighted by atomic mass is 19.1. The quantitative estimate of drug-likeness (QED) is 0.847. The maximum atomic E-state index is 14.1. The van der Waals surface area contributed by atoms with E-state index in [9.17, 15) is 9.18 Å². The van der Waals surface area contributed by atoms with Gasteiger partial charge in [0.05, 0.1) is 19.3 Å². The van der Waals surface area contributed by atoms with Gasteiger partial charge >= 0.3 is 0 Å². The van der Waals surface area contributed by atoms with Gasteiger partial charge in [-0.1, -0.05) is 0 Å². The lowest BCUT2D eigenvalue weighted by atomic mass is 9.99. The van der Waals surface area contributed by atoms with Crippen LogP contribution in [0.5, 0.6) is 11.6 Å². The van der Waals surface area contributed by atoms with Gasteiger partial charge in [0.2, 0.25) is 11.8 Å². The third kappa shape index (κ3) is 3.91. The van der Waals surface area contributed by atoms with Gasteiger partial charge in [0.25, 0.3) is 0 Å². The smallest absolute Gasteiger partial charge is 0.233 e. The summed E-state index contributed by atoms with van der Waals surface area (Å²) in [6.45, 7) is 1.62. The number of halogens is 1. The van der Waals surface area contributed by atoms with Crippen LogP contribution in [0.4, 0.5) is 4.39 Å². The molecule has 8 heteroatoms. The number of fused-ring (bicyclic) bond motifs is 1. The number of benzene rings is 1. The van der Waals surface area contributed by atoms with E-state index in [-0.39, 0.29) is 23.7 Å². The van der Waals surface area contributed by atoms with Crippen molar-refractivity contribution in [3.8, 4) is 22.9 Å². The molecule has 0 unspecified atom stereocenters. The highest BCUT2D eigenvalue weighted by molar-refractivity contribution is 5.78. The molecule has 2 aliphatic rings. The number of nitrogens with one attached hydrogen (secondary N) is 1. The van der Waals surface area contributed by atoms with Crippen molar-refractivity contribution in [1.29, 1.82) is 0 Å². The zero-order valence-electron chi connectivity index (χ0n) is 15.6. The number of carbonyl (C=O) groups is 1. The zero-order valence-corrected chi connectivity index (χ0v) is 15.6. The van der Waals surface area contributed by atoms with Crippen molar-refractivity contribution >= 4 is 5.91 Å². The van der Waals surface area contributed by atoms with E-state index in [2.05, 4.69) is 15.5 Å². The van der Waals surface area contributed by atoms with Crippen molar-refractivity contribution < 1.29 is 23.4 Å². The minimum Gasteiger partial charge on any atom is -0.487 e. The summed E-state index contributed by atoms with van der Waals surface area (Å²) >= 11 is 0. The second-order valence-electron chi connectivity index (χ2n) is 6.98. The second-order valence-corrected chi connectivity index (χ2v) is 6.98. The molecule has 148 valence electrons. The summed E-state index contributed by atoms with van der Waals surface area (Å²) < 4.78 is 30.5. The summed E-state index contributed by atoms with van der Waals surface area (Å²) in [7, 11) is 1.51. The minimum absolute atomic E-state index is 0.0138. The van der Waals surface area contributed by atoms with Crippen LogP contribution in [0.1, 0.15) is 18.4 Å². The van der Waals surface area contributed by atoms with E-state index in [1.54, 1.807) is 12.1 Å². The van der Waals surface area contributed by atoms with Crippen LogP contribution in [0.2, 0.25) is 0 Å². The Morgan fingerprint density at radius 3 is 2.82 bits per heavy atom. The molecule has 1 aromatic carbocycles. The molecule has 2 aromatic rings. The Hall–Kier alpha value is -2.74.